The van der Waals surface area contributed by atoms with E-state index in [1.165, 1.54) is 0 Å². The summed E-state index contributed by atoms with van der Waals surface area (Å²) in [5, 5.41) is 15.1. The van der Waals surface area contributed by atoms with Gasteiger partial charge in [0.05, 0.1) is 0 Å². The van der Waals surface area contributed by atoms with Gasteiger partial charge in [-0.1, -0.05) is 26.0 Å². The smallest absolute Gasteiger partial charge is 0.435 e. The maximum atomic E-state index is 12.9. The Morgan fingerprint density at radius 2 is 1.95 bits per heavy atom. The summed E-state index contributed by atoms with van der Waals surface area (Å²) in [5.74, 6) is -1.44. The number of hydrogen-bond acceptors (Lipinski definition) is 3. The molecule has 19 heavy (non-hydrogen) atoms. The number of aromatic nitrogens is 3. The number of nitrogens with zero attached hydrogens (tertiary/aromatic N) is 3. The standard InChI is InChI=1S/C11H16F3N3O2/c1-6(2)4-7(3)5-17-9(11(12,13)14)8(10(18)19)15-16-17/h6-7H,4-5H2,1-3H3,(H,18,19). The van der Waals surface area contributed by atoms with Gasteiger partial charge in [-0.15, -0.1) is 5.10 Å². The first kappa shape index (κ1) is 15.5. The summed E-state index contributed by atoms with van der Waals surface area (Å²) >= 11 is 0. The van der Waals surface area contributed by atoms with E-state index >= 15 is 0 Å². The molecule has 1 aromatic rings. The van der Waals surface area contributed by atoms with Gasteiger partial charge in [0, 0.05) is 6.54 Å². The summed E-state index contributed by atoms with van der Waals surface area (Å²) in [6, 6.07) is 0. The molecule has 0 radical (unpaired) electrons. The third-order valence-electron chi connectivity index (χ3n) is 2.56. The van der Waals surface area contributed by atoms with E-state index in [0.717, 1.165) is 6.42 Å². The van der Waals surface area contributed by atoms with E-state index in [1.807, 2.05) is 13.8 Å². The van der Waals surface area contributed by atoms with Gasteiger partial charge in [-0.05, 0) is 18.3 Å². The normalized spacial score (nSPS) is 13.8. The van der Waals surface area contributed by atoms with Gasteiger partial charge in [0.1, 0.15) is 0 Å². The van der Waals surface area contributed by atoms with E-state index in [9.17, 15) is 18.0 Å². The Hall–Kier alpha value is -1.60. The fraction of sp³-hybridized carbons (Fsp3) is 0.727. The lowest BCUT2D eigenvalue weighted by Crippen LogP contribution is -2.21. The first-order chi connectivity index (χ1) is 8.62. The molecular formula is C11H16F3N3O2. The van der Waals surface area contributed by atoms with Gasteiger partial charge in [-0.3, -0.25) is 0 Å². The van der Waals surface area contributed by atoms with Gasteiger partial charge in [-0.2, -0.15) is 13.2 Å². The second-order valence-electron chi connectivity index (χ2n) is 5.01. The Balaban J connectivity index is 3.05. The Kier molecular flexibility index (Phi) is 4.54. The lowest BCUT2D eigenvalue weighted by Gasteiger charge is -2.16. The van der Waals surface area contributed by atoms with Crippen LogP contribution in [-0.4, -0.2) is 26.1 Å². The molecule has 0 amide bonds. The number of rotatable bonds is 5. The van der Waals surface area contributed by atoms with E-state index in [-0.39, 0.29) is 12.5 Å². The zero-order valence-corrected chi connectivity index (χ0v) is 10.9. The monoisotopic (exact) mass is 279 g/mol. The van der Waals surface area contributed by atoms with E-state index in [1.54, 1.807) is 6.92 Å². The van der Waals surface area contributed by atoms with Crippen LogP contribution in [0.5, 0.6) is 0 Å². The first-order valence-corrected chi connectivity index (χ1v) is 5.86. The number of halogens is 3. The molecule has 0 spiro atoms. The average molecular weight is 279 g/mol. The highest BCUT2D eigenvalue weighted by Crippen LogP contribution is 2.31. The van der Waals surface area contributed by atoms with Crippen LogP contribution in [0.4, 0.5) is 13.2 Å². The second kappa shape index (κ2) is 5.58. The molecule has 0 aromatic carbocycles. The molecule has 0 aliphatic carbocycles. The number of carbonyl (C=O) groups is 1. The molecule has 8 heteroatoms. The van der Waals surface area contributed by atoms with Crippen molar-refractivity contribution < 1.29 is 23.1 Å². The zero-order chi connectivity index (χ0) is 14.8. The third kappa shape index (κ3) is 3.93. The topological polar surface area (TPSA) is 68.0 Å². The number of carboxylic acids is 1. The summed E-state index contributed by atoms with van der Waals surface area (Å²) < 4.78 is 39.2. The molecule has 0 aliphatic rings. The van der Waals surface area contributed by atoms with Crippen molar-refractivity contribution in [2.75, 3.05) is 0 Å². The molecule has 1 aromatic heterocycles. The van der Waals surface area contributed by atoms with Crippen LogP contribution < -0.4 is 0 Å². The van der Waals surface area contributed by atoms with Gasteiger partial charge in [-0.25, -0.2) is 9.48 Å². The number of carboxylic acid groups (broad SMARTS) is 1. The summed E-state index contributed by atoms with van der Waals surface area (Å²) in [6.45, 7) is 5.71. The molecule has 0 bridgehead atoms. The van der Waals surface area contributed by atoms with Crippen LogP contribution in [0.3, 0.4) is 0 Å². The molecule has 0 saturated heterocycles. The maximum absolute atomic E-state index is 12.9. The Bertz CT molecular complexity index is 455. The highest BCUT2D eigenvalue weighted by molar-refractivity contribution is 5.86. The van der Waals surface area contributed by atoms with Crippen molar-refractivity contribution in [1.82, 2.24) is 15.0 Å². The number of aromatic carboxylic acids is 1. The molecule has 1 atom stereocenters. The van der Waals surface area contributed by atoms with E-state index in [0.29, 0.717) is 10.6 Å². The van der Waals surface area contributed by atoms with Crippen molar-refractivity contribution in [2.24, 2.45) is 11.8 Å². The highest BCUT2D eigenvalue weighted by atomic mass is 19.4. The molecule has 1 heterocycles. The Labute approximate surface area is 108 Å². The van der Waals surface area contributed by atoms with Gasteiger partial charge >= 0.3 is 12.1 Å². The summed E-state index contributed by atoms with van der Waals surface area (Å²) in [6.07, 6.45) is -4.06. The van der Waals surface area contributed by atoms with Crippen molar-refractivity contribution in [3.8, 4) is 0 Å². The summed E-state index contributed by atoms with van der Waals surface area (Å²) in [5.41, 5.74) is -2.35. The van der Waals surface area contributed by atoms with E-state index in [2.05, 4.69) is 10.3 Å². The molecule has 1 rings (SSSR count). The van der Waals surface area contributed by atoms with Crippen molar-refractivity contribution in [1.29, 1.82) is 0 Å². The van der Waals surface area contributed by atoms with Crippen molar-refractivity contribution in [2.45, 2.75) is 39.9 Å². The SMILES string of the molecule is CC(C)CC(C)Cn1nnc(C(=O)O)c1C(F)(F)F. The summed E-state index contributed by atoms with van der Waals surface area (Å²) in [7, 11) is 0. The largest absolute Gasteiger partial charge is 0.476 e. The molecule has 5 nitrogen and oxygen atoms in total. The fourth-order valence-corrected chi connectivity index (χ4v) is 2.04. The van der Waals surface area contributed by atoms with Crippen LogP contribution in [-0.2, 0) is 12.7 Å². The van der Waals surface area contributed by atoms with Gasteiger partial charge < -0.3 is 5.11 Å². The lowest BCUT2D eigenvalue weighted by atomic mass is 9.99. The van der Waals surface area contributed by atoms with Crippen LogP contribution in [0.1, 0.15) is 43.4 Å². The first-order valence-electron chi connectivity index (χ1n) is 5.86. The fourth-order valence-electron chi connectivity index (χ4n) is 2.04. The van der Waals surface area contributed by atoms with Crippen LogP contribution in [0.2, 0.25) is 0 Å². The van der Waals surface area contributed by atoms with Crippen molar-refractivity contribution in [3.63, 3.8) is 0 Å². The van der Waals surface area contributed by atoms with Crippen LogP contribution in [0.15, 0.2) is 0 Å². The van der Waals surface area contributed by atoms with Crippen LogP contribution >= 0.6 is 0 Å². The molecule has 0 fully saturated rings. The molecular weight excluding hydrogens is 263 g/mol. The van der Waals surface area contributed by atoms with Crippen LogP contribution in [0.25, 0.3) is 0 Å². The zero-order valence-electron chi connectivity index (χ0n) is 10.9. The lowest BCUT2D eigenvalue weighted by molar-refractivity contribution is -0.145. The number of alkyl halides is 3. The highest BCUT2D eigenvalue weighted by Gasteiger charge is 2.41. The Morgan fingerprint density at radius 1 is 1.37 bits per heavy atom. The third-order valence-corrected chi connectivity index (χ3v) is 2.56. The van der Waals surface area contributed by atoms with Gasteiger partial charge in [0.2, 0.25) is 5.69 Å². The number of hydrogen-bond donors (Lipinski definition) is 1. The molecule has 0 saturated carbocycles. The van der Waals surface area contributed by atoms with Gasteiger partial charge in [0.25, 0.3) is 0 Å². The quantitative estimate of drug-likeness (QED) is 0.899. The molecule has 1 unspecified atom stereocenters. The minimum absolute atomic E-state index is 0.00664. The summed E-state index contributed by atoms with van der Waals surface area (Å²) in [4.78, 5) is 10.7. The van der Waals surface area contributed by atoms with Gasteiger partial charge in [0.15, 0.2) is 5.69 Å². The van der Waals surface area contributed by atoms with Crippen molar-refractivity contribution >= 4 is 5.97 Å². The minimum Gasteiger partial charge on any atom is -0.476 e. The van der Waals surface area contributed by atoms with Crippen molar-refractivity contribution in [3.05, 3.63) is 11.4 Å². The average Bonchev–Trinajstić information content (AvgIpc) is 2.58. The molecule has 108 valence electrons. The predicted molar refractivity (Wildman–Crippen MR) is 60.6 cm³/mol. The second-order valence-corrected chi connectivity index (χ2v) is 5.01. The minimum atomic E-state index is -4.78. The maximum Gasteiger partial charge on any atom is 0.435 e. The van der Waals surface area contributed by atoms with Crippen LogP contribution in [0, 0.1) is 11.8 Å². The van der Waals surface area contributed by atoms with E-state index < -0.39 is 23.5 Å². The predicted octanol–water partition coefficient (Wildman–Crippen LogP) is 2.68. The Morgan fingerprint density at radius 3 is 2.37 bits per heavy atom. The van der Waals surface area contributed by atoms with E-state index in [4.69, 9.17) is 5.11 Å². The molecule has 0 aliphatic heterocycles. The molecule has 1 N–H and O–H groups in total.